The van der Waals surface area contributed by atoms with E-state index in [0.29, 0.717) is 12.3 Å². The summed E-state index contributed by atoms with van der Waals surface area (Å²) in [5.74, 6) is 2.34. The number of para-hydroxylation sites is 1. The van der Waals surface area contributed by atoms with Gasteiger partial charge in [-0.15, -0.1) is 0 Å². The molecule has 4 rings (SSSR count). The van der Waals surface area contributed by atoms with Gasteiger partial charge in [-0.05, 0) is 24.6 Å². The predicted octanol–water partition coefficient (Wildman–Crippen LogP) is 4.06. The number of aromatic nitrogens is 4. The van der Waals surface area contributed by atoms with Crippen LogP contribution in [0.1, 0.15) is 12.5 Å². The standard InChI is InChI=1S/C21H21N5O/c1-3-27-17-12-8-7-11-16(17)19-24-18-20(25-19)22-14-23-21(18)26(2)13-15-9-5-4-6-10-15/h4-12,14H,3,13H2,1-2H3,(H,22,23,24,25). The number of hydrogen-bond acceptors (Lipinski definition) is 5. The number of nitrogens with one attached hydrogen (secondary N) is 1. The monoisotopic (exact) mass is 359 g/mol. The highest BCUT2D eigenvalue weighted by Crippen LogP contribution is 2.31. The molecule has 0 amide bonds. The first kappa shape index (κ1) is 17.0. The lowest BCUT2D eigenvalue weighted by Gasteiger charge is -2.18. The molecule has 2 aromatic heterocycles. The van der Waals surface area contributed by atoms with Crippen molar-refractivity contribution in [1.29, 1.82) is 0 Å². The topological polar surface area (TPSA) is 66.9 Å². The zero-order chi connectivity index (χ0) is 18.6. The summed E-state index contributed by atoms with van der Waals surface area (Å²) in [6.07, 6.45) is 1.55. The highest BCUT2D eigenvalue weighted by Gasteiger charge is 2.16. The highest BCUT2D eigenvalue weighted by atomic mass is 16.5. The van der Waals surface area contributed by atoms with Gasteiger partial charge >= 0.3 is 0 Å². The Labute approximate surface area is 157 Å². The molecule has 2 aromatic carbocycles. The van der Waals surface area contributed by atoms with Crippen molar-refractivity contribution in [3.05, 3.63) is 66.5 Å². The molecule has 0 aliphatic carbocycles. The molecular formula is C21H21N5O. The van der Waals surface area contributed by atoms with E-state index in [-0.39, 0.29) is 0 Å². The Hall–Kier alpha value is -3.41. The Morgan fingerprint density at radius 3 is 2.59 bits per heavy atom. The second kappa shape index (κ2) is 7.45. The Balaban J connectivity index is 1.72. The lowest BCUT2D eigenvalue weighted by molar-refractivity contribution is 0.341. The maximum Gasteiger partial charge on any atom is 0.183 e. The van der Waals surface area contributed by atoms with Gasteiger partial charge in [0, 0.05) is 13.6 Å². The van der Waals surface area contributed by atoms with E-state index in [0.717, 1.165) is 35.0 Å². The second-order valence-corrected chi connectivity index (χ2v) is 6.25. The number of anilines is 1. The first-order valence-electron chi connectivity index (χ1n) is 8.94. The van der Waals surface area contributed by atoms with Gasteiger partial charge in [-0.2, -0.15) is 0 Å². The first-order valence-corrected chi connectivity index (χ1v) is 8.94. The molecule has 0 unspecified atom stereocenters. The van der Waals surface area contributed by atoms with Gasteiger partial charge in [0.2, 0.25) is 0 Å². The van der Waals surface area contributed by atoms with Crippen molar-refractivity contribution in [1.82, 2.24) is 19.9 Å². The van der Waals surface area contributed by atoms with Crippen molar-refractivity contribution in [3.8, 4) is 17.1 Å². The molecule has 0 saturated carbocycles. The van der Waals surface area contributed by atoms with Gasteiger partial charge in [0.05, 0.1) is 12.2 Å². The fraction of sp³-hybridized carbons (Fsp3) is 0.190. The highest BCUT2D eigenvalue weighted by molar-refractivity contribution is 5.86. The van der Waals surface area contributed by atoms with Gasteiger partial charge in [-0.1, -0.05) is 42.5 Å². The third kappa shape index (κ3) is 3.46. The fourth-order valence-electron chi connectivity index (χ4n) is 3.11. The van der Waals surface area contributed by atoms with Crippen molar-refractivity contribution in [2.45, 2.75) is 13.5 Å². The van der Waals surface area contributed by atoms with E-state index in [1.165, 1.54) is 5.56 Å². The minimum Gasteiger partial charge on any atom is -0.493 e. The van der Waals surface area contributed by atoms with Crippen molar-refractivity contribution >= 4 is 17.0 Å². The van der Waals surface area contributed by atoms with E-state index < -0.39 is 0 Å². The minimum atomic E-state index is 0.599. The van der Waals surface area contributed by atoms with Crippen molar-refractivity contribution in [2.24, 2.45) is 0 Å². The average molecular weight is 359 g/mol. The Bertz CT molecular complexity index is 1040. The molecule has 0 aliphatic rings. The molecule has 4 aromatic rings. The van der Waals surface area contributed by atoms with Crippen LogP contribution in [0.25, 0.3) is 22.6 Å². The number of benzene rings is 2. The second-order valence-electron chi connectivity index (χ2n) is 6.25. The summed E-state index contributed by atoms with van der Waals surface area (Å²) < 4.78 is 5.74. The van der Waals surface area contributed by atoms with E-state index in [2.05, 4.69) is 37.0 Å². The van der Waals surface area contributed by atoms with Crippen LogP contribution in [0.4, 0.5) is 5.82 Å². The Morgan fingerprint density at radius 2 is 1.78 bits per heavy atom. The molecule has 0 spiro atoms. The molecule has 6 nitrogen and oxygen atoms in total. The molecule has 0 radical (unpaired) electrons. The molecule has 6 heteroatoms. The van der Waals surface area contributed by atoms with Crippen LogP contribution in [0.3, 0.4) is 0 Å². The van der Waals surface area contributed by atoms with Crippen LogP contribution in [0, 0.1) is 0 Å². The lowest BCUT2D eigenvalue weighted by atomic mass is 10.2. The quantitative estimate of drug-likeness (QED) is 0.562. The summed E-state index contributed by atoms with van der Waals surface area (Å²) >= 11 is 0. The van der Waals surface area contributed by atoms with Gasteiger partial charge in [0.1, 0.15) is 23.4 Å². The van der Waals surface area contributed by atoms with Crippen molar-refractivity contribution in [3.63, 3.8) is 0 Å². The summed E-state index contributed by atoms with van der Waals surface area (Å²) in [7, 11) is 2.02. The predicted molar refractivity (Wildman–Crippen MR) is 107 cm³/mol. The number of imidazole rings is 1. The van der Waals surface area contributed by atoms with E-state index in [1.54, 1.807) is 6.33 Å². The van der Waals surface area contributed by atoms with Crippen LogP contribution in [-0.2, 0) is 6.54 Å². The van der Waals surface area contributed by atoms with Gasteiger partial charge in [0.15, 0.2) is 11.5 Å². The normalized spacial score (nSPS) is 10.9. The number of H-pyrrole nitrogens is 1. The molecule has 0 fully saturated rings. The zero-order valence-corrected chi connectivity index (χ0v) is 15.4. The van der Waals surface area contributed by atoms with Gasteiger partial charge in [0.25, 0.3) is 0 Å². The molecule has 0 atom stereocenters. The van der Waals surface area contributed by atoms with E-state index in [4.69, 9.17) is 4.74 Å². The van der Waals surface area contributed by atoms with Crippen LogP contribution in [0.15, 0.2) is 60.9 Å². The molecule has 2 heterocycles. The number of aromatic amines is 1. The van der Waals surface area contributed by atoms with E-state index in [9.17, 15) is 0 Å². The largest absolute Gasteiger partial charge is 0.493 e. The van der Waals surface area contributed by atoms with Gasteiger partial charge in [-0.25, -0.2) is 15.0 Å². The van der Waals surface area contributed by atoms with Crippen LogP contribution in [0.2, 0.25) is 0 Å². The third-order valence-electron chi connectivity index (χ3n) is 4.33. The van der Waals surface area contributed by atoms with E-state index in [1.807, 2.05) is 56.4 Å². The molecule has 0 bridgehead atoms. The molecule has 27 heavy (non-hydrogen) atoms. The summed E-state index contributed by atoms with van der Waals surface area (Å²) in [5.41, 5.74) is 3.58. The summed E-state index contributed by atoms with van der Waals surface area (Å²) in [6.45, 7) is 3.32. The van der Waals surface area contributed by atoms with Crippen LogP contribution >= 0.6 is 0 Å². The number of fused-ring (bicyclic) bond motifs is 1. The molecule has 136 valence electrons. The third-order valence-corrected chi connectivity index (χ3v) is 4.33. The minimum absolute atomic E-state index is 0.599. The molecular weight excluding hydrogens is 338 g/mol. The van der Waals surface area contributed by atoms with Gasteiger partial charge < -0.3 is 14.6 Å². The maximum atomic E-state index is 5.74. The van der Waals surface area contributed by atoms with Crippen LogP contribution in [0.5, 0.6) is 5.75 Å². The molecule has 1 N–H and O–H groups in total. The van der Waals surface area contributed by atoms with Gasteiger partial charge in [-0.3, -0.25) is 0 Å². The molecule has 0 saturated heterocycles. The average Bonchev–Trinajstić information content (AvgIpc) is 3.13. The van der Waals surface area contributed by atoms with E-state index >= 15 is 0 Å². The Kier molecular flexibility index (Phi) is 4.70. The molecule has 0 aliphatic heterocycles. The number of ether oxygens (including phenoxy) is 1. The SMILES string of the molecule is CCOc1ccccc1-c1nc2ncnc(N(C)Cc3ccccc3)c2[nH]1. The maximum absolute atomic E-state index is 5.74. The first-order chi connectivity index (χ1) is 13.3. The van der Waals surface area contributed by atoms with Crippen LogP contribution < -0.4 is 9.64 Å². The zero-order valence-electron chi connectivity index (χ0n) is 15.4. The fourth-order valence-corrected chi connectivity index (χ4v) is 3.11. The number of rotatable bonds is 6. The van der Waals surface area contributed by atoms with Crippen molar-refractivity contribution < 1.29 is 4.74 Å². The number of nitrogens with zero attached hydrogens (tertiary/aromatic N) is 4. The van der Waals surface area contributed by atoms with Crippen molar-refractivity contribution in [2.75, 3.05) is 18.6 Å². The summed E-state index contributed by atoms with van der Waals surface area (Å²) in [5, 5.41) is 0. The Morgan fingerprint density at radius 1 is 1.00 bits per heavy atom. The number of hydrogen-bond donors (Lipinski definition) is 1. The van der Waals surface area contributed by atoms with Crippen LogP contribution in [-0.4, -0.2) is 33.6 Å². The summed E-state index contributed by atoms with van der Waals surface area (Å²) in [4.78, 5) is 19.0. The summed E-state index contributed by atoms with van der Waals surface area (Å²) in [6, 6.07) is 18.2. The smallest absolute Gasteiger partial charge is 0.183 e. The lowest BCUT2D eigenvalue weighted by Crippen LogP contribution is -2.18.